The maximum Gasteiger partial charge on any atom is 0.160 e. The van der Waals surface area contributed by atoms with Crippen molar-refractivity contribution in [1.29, 1.82) is 0 Å². The van der Waals surface area contributed by atoms with Gasteiger partial charge in [0.15, 0.2) is 5.82 Å². The van der Waals surface area contributed by atoms with E-state index >= 15 is 0 Å². The molecule has 11 aromatic rings. The summed E-state index contributed by atoms with van der Waals surface area (Å²) in [5.74, 6) is 0.695. The van der Waals surface area contributed by atoms with Gasteiger partial charge in [-0.15, -0.1) is 0 Å². The quantitative estimate of drug-likeness (QED) is 0.169. The minimum absolute atomic E-state index is 0.695. The van der Waals surface area contributed by atoms with Gasteiger partial charge in [0, 0.05) is 40.0 Å². The van der Waals surface area contributed by atoms with Crippen LogP contribution in [0.5, 0.6) is 0 Å². The fourth-order valence-corrected chi connectivity index (χ4v) is 9.45. The second-order valence-corrected chi connectivity index (χ2v) is 15.5. The van der Waals surface area contributed by atoms with E-state index in [1.165, 1.54) is 71.4 Å². The fourth-order valence-electron chi connectivity index (χ4n) is 9.45. The lowest BCUT2D eigenvalue weighted by atomic mass is 9.82. The van der Waals surface area contributed by atoms with E-state index in [4.69, 9.17) is 9.97 Å². The second kappa shape index (κ2) is 13.8. The van der Waals surface area contributed by atoms with Crippen molar-refractivity contribution in [2.45, 2.75) is 0 Å². The summed E-state index contributed by atoms with van der Waals surface area (Å²) in [6.07, 6.45) is 3.88. The van der Waals surface area contributed by atoms with Crippen molar-refractivity contribution in [1.82, 2.24) is 15.0 Å². The lowest BCUT2D eigenvalue weighted by Crippen LogP contribution is -1.96. The van der Waals surface area contributed by atoms with Gasteiger partial charge in [-0.3, -0.25) is 4.98 Å². The zero-order chi connectivity index (χ0) is 39.6. The van der Waals surface area contributed by atoms with E-state index in [-0.39, 0.29) is 0 Å². The standard InChI is InChI=1S/C57H35N3/c1-4-15-38(16-5-1)52-45-23-12-13-24-46(45)53(39-17-6-2-7-18-39)56-48-32-31-43(44-25-14-26-47(54(44)48)55(52)56)51-33-50(59-57(60-51)40-19-8-3-9-20-40)37-29-27-36(28-30-37)49-35-58-34-41-21-10-11-22-42(41)49/h1-35H. The van der Waals surface area contributed by atoms with Gasteiger partial charge in [0.05, 0.1) is 11.4 Å². The summed E-state index contributed by atoms with van der Waals surface area (Å²) in [4.78, 5) is 15.1. The summed E-state index contributed by atoms with van der Waals surface area (Å²) < 4.78 is 0. The zero-order valence-corrected chi connectivity index (χ0v) is 32.5. The Labute approximate surface area is 348 Å². The Kier molecular flexibility index (Phi) is 7.85. The molecule has 0 spiro atoms. The first-order chi connectivity index (χ1) is 29.8. The van der Waals surface area contributed by atoms with Gasteiger partial charge in [0.25, 0.3) is 0 Å². The van der Waals surface area contributed by atoms with Crippen LogP contribution in [-0.4, -0.2) is 15.0 Å². The van der Waals surface area contributed by atoms with Gasteiger partial charge in [0.2, 0.25) is 0 Å². The third-order valence-electron chi connectivity index (χ3n) is 12.1. The summed E-state index contributed by atoms with van der Waals surface area (Å²) in [7, 11) is 0. The molecule has 278 valence electrons. The predicted molar refractivity (Wildman–Crippen MR) is 249 cm³/mol. The van der Waals surface area contributed by atoms with Crippen molar-refractivity contribution in [2.24, 2.45) is 0 Å². The Morgan fingerprint density at radius 2 is 0.800 bits per heavy atom. The highest BCUT2D eigenvalue weighted by Crippen LogP contribution is 2.58. The summed E-state index contributed by atoms with van der Waals surface area (Å²) in [6.45, 7) is 0. The minimum atomic E-state index is 0.695. The molecule has 1 aliphatic rings. The Bertz CT molecular complexity index is 3350. The van der Waals surface area contributed by atoms with Gasteiger partial charge in [-0.1, -0.05) is 194 Å². The molecular formula is C57H35N3. The van der Waals surface area contributed by atoms with E-state index in [0.29, 0.717) is 5.82 Å². The fraction of sp³-hybridized carbons (Fsp3) is 0. The molecule has 0 saturated heterocycles. The molecule has 1 aliphatic carbocycles. The maximum atomic E-state index is 5.33. The Morgan fingerprint density at radius 1 is 0.283 bits per heavy atom. The van der Waals surface area contributed by atoms with E-state index in [1.807, 2.05) is 30.6 Å². The number of pyridine rings is 1. The first-order valence-electron chi connectivity index (χ1n) is 20.4. The van der Waals surface area contributed by atoms with Gasteiger partial charge in [-0.05, 0) is 83.1 Å². The second-order valence-electron chi connectivity index (χ2n) is 15.5. The first-order valence-corrected chi connectivity index (χ1v) is 20.4. The maximum absolute atomic E-state index is 5.33. The number of benzene rings is 9. The van der Waals surface area contributed by atoms with Crippen LogP contribution >= 0.6 is 0 Å². The summed E-state index contributed by atoms with van der Waals surface area (Å²) in [5, 5.41) is 7.24. The molecule has 0 fully saturated rings. The summed E-state index contributed by atoms with van der Waals surface area (Å²) >= 11 is 0. The van der Waals surface area contributed by atoms with Crippen molar-refractivity contribution in [3.63, 3.8) is 0 Å². The van der Waals surface area contributed by atoms with Crippen molar-refractivity contribution in [2.75, 3.05) is 0 Å². The van der Waals surface area contributed by atoms with Crippen molar-refractivity contribution in [3.8, 4) is 89.5 Å². The molecule has 60 heavy (non-hydrogen) atoms. The lowest BCUT2D eigenvalue weighted by Gasteiger charge is -2.20. The molecule has 0 bridgehead atoms. The van der Waals surface area contributed by atoms with Crippen LogP contribution in [0.25, 0.3) is 122 Å². The Morgan fingerprint density at radius 3 is 1.47 bits per heavy atom. The topological polar surface area (TPSA) is 38.7 Å². The molecule has 2 aromatic heterocycles. The van der Waals surface area contributed by atoms with Crippen molar-refractivity contribution >= 4 is 32.3 Å². The van der Waals surface area contributed by atoms with Crippen LogP contribution in [0.2, 0.25) is 0 Å². The first kappa shape index (κ1) is 34.1. The number of nitrogens with zero attached hydrogens (tertiary/aromatic N) is 3. The molecule has 0 radical (unpaired) electrons. The van der Waals surface area contributed by atoms with Crippen LogP contribution in [0.1, 0.15) is 0 Å². The summed E-state index contributed by atoms with van der Waals surface area (Å²) in [6, 6.07) is 71.7. The van der Waals surface area contributed by atoms with Gasteiger partial charge < -0.3 is 0 Å². The van der Waals surface area contributed by atoms with Crippen LogP contribution in [0.15, 0.2) is 213 Å². The van der Waals surface area contributed by atoms with Gasteiger partial charge in [-0.25, -0.2) is 9.97 Å². The third kappa shape index (κ3) is 5.40. The molecule has 3 heteroatoms. The number of aromatic nitrogens is 3. The highest BCUT2D eigenvalue weighted by atomic mass is 14.9. The minimum Gasteiger partial charge on any atom is -0.263 e. The van der Waals surface area contributed by atoms with Crippen molar-refractivity contribution < 1.29 is 0 Å². The van der Waals surface area contributed by atoms with E-state index in [1.54, 1.807) is 0 Å². The monoisotopic (exact) mass is 761 g/mol. The van der Waals surface area contributed by atoms with Crippen LogP contribution in [0, 0.1) is 0 Å². The predicted octanol–water partition coefficient (Wildman–Crippen LogP) is 15.0. The number of rotatable bonds is 6. The van der Waals surface area contributed by atoms with Crippen molar-refractivity contribution in [3.05, 3.63) is 213 Å². The van der Waals surface area contributed by atoms with Crippen LogP contribution in [-0.2, 0) is 0 Å². The Hall–Kier alpha value is -8.01. The van der Waals surface area contributed by atoms with Gasteiger partial charge >= 0.3 is 0 Å². The molecule has 0 unspecified atom stereocenters. The zero-order valence-electron chi connectivity index (χ0n) is 32.5. The molecule has 0 saturated carbocycles. The van der Waals surface area contributed by atoms with E-state index in [9.17, 15) is 0 Å². The van der Waals surface area contributed by atoms with Gasteiger partial charge in [0.1, 0.15) is 0 Å². The molecule has 0 N–H and O–H groups in total. The van der Waals surface area contributed by atoms with E-state index in [2.05, 4.69) is 187 Å². The Balaban J connectivity index is 1.08. The largest absolute Gasteiger partial charge is 0.263 e. The normalized spacial score (nSPS) is 11.7. The average molecular weight is 762 g/mol. The molecule has 12 rings (SSSR count). The number of fused-ring (bicyclic) bond motifs is 5. The average Bonchev–Trinajstić information content (AvgIpc) is 3.66. The third-order valence-corrected chi connectivity index (χ3v) is 12.1. The van der Waals surface area contributed by atoms with E-state index in [0.717, 1.165) is 44.6 Å². The molecular weight excluding hydrogens is 727 g/mol. The van der Waals surface area contributed by atoms with Crippen LogP contribution in [0.4, 0.5) is 0 Å². The number of hydrogen-bond donors (Lipinski definition) is 0. The lowest BCUT2D eigenvalue weighted by molar-refractivity contribution is 1.18. The highest BCUT2D eigenvalue weighted by Gasteiger charge is 2.31. The molecule has 2 heterocycles. The summed E-state index contributed by atoms with van der Waals surface area (Å²) in [5.41, 5.74) is 17.1. The number of hydrogen-bond acceptors (Lipinski definition) is 3. The molecule has 3 nitrogen and oxygen atoms in total. The molecule has 0 amide bonds. The molecule has 0 atom stereocenters. The van der Waals surface area contributed by atoms with Crippen LogP contribution in [0.3, 0.4) is 0 Å². The molecule has 9 aromatic carbocycles. The SMILES string of the molecule is c1ccc(-c2nc(-c3ccc(-c4cncc5ccccc45)cc3)cc(-c3ccc4c5c(cccc35)-c3c-4c(-c4ccccc4)c4ccccc4c3-c3ccccc3)n2)cc1. The van der Waals surface area contributed by atoms with Crippen LogP contribution < -0.4 is 0 Å². The van der Waals surface area contributed by atoms with Gasteiger partial charge in [-0.2, -0.15) is 0 Å². The van der Waals surface area contributed by atoms with E-state index < -0.39 is 0 Å². The molecule has 0 aliphatic heterocycles. The highest BCUT2D eigenvalue weighted by molar-refractivity contribution is 6.28. The smallest absolute Gasteiger partial charge is 0.160 e.